The highest BCUT2D eigenvalue weighted by atomic mass is 35.5. The number of carbonyl (C=O) groups is 1. The maximum atomic E-state index is 12.2. The lowest BCUT2D eigenvalue weighted by Gasteiger charge is -2.30. The van der Waals surface area contributed by atoms with Gasteiger partial charge in [-0.3, -0.25) is 9.69 Å². The van der Waals surface area contributed by atoms with Gasteiger partial charge in [0.1, 0.15) is 0 Å². The number of benzene rings is 2. The molecular weight excluding hydrogens is 405 g/mol. The number of halogens is 2. The van der Waals surface area contributed by atoms with Gasteiger partial charge in [-0.1, -0.05) is 49.4 Å². The number of nitrogens with one attached hydrogen (secondary N) is 1. The first-order valence-corrected chi connectivity index (χ1v) is 10.0. The summed E-state index contributed by atoms with van der Waals surface area (Å²) in [5, 5.41) is 3.03. The summed E-state index contributed by atoms with van der Waals surface area (Å²) in [5.74, 6) is 0.919. The van der Waals surface area contributed by atoms with Crippen LogP contribution < -0.4 is 11.1 Å². The van der Waals surface area contributed by atoms with Crippen LogP contribution in [0, 0.1) is 5.92 Å². The van der Waals surface area contributed by atoms with Crippen LogP contribution in [-0.2, 0) is 24.3 Å². The van der Waals surface area contributed by atoms with E-state index >= 15 is 0 Å². The molecular formula is C23H33Cl2N3O. The van der Waals surface area contributed by atoms with E-state index in [0.717, 1.165) is 29.3 Å². The number of amides is 1. The number of likely N-dealkylation sites (tertiary alicyclic amines) is 1. The lowest BCUT2D eigenvalue weighted by atomic mass is 9.98. The molecule has 0 aliphatic carbocycles. The van der Waals surface area contributed by atoms with Crippen LogP contribution in [0.5, 0.6) is 0 Å². The van der Waals surface area contributed by atoms with Crippen LogP contribution in [0.4, 0.5) is 5.69 Å². The second kappa shape index (κ2) is 12.7. The average molecular weight is 438 g/mol. The van der Waals surface area contributed by atoms with Gasteiger partial charge in [0.25, 0.3) is 0 Å². The summed E-state index contributed by atoms with van der Waals surface area (Å²) in [6.07, 6.45) is 3.72. The predicted molar refractivity (Wildman–Crippen MR) is 126 cm³/mol. The van der Waals surface area contributed by atoms with E-state index in [0.29, 0.717) is 19.4 Å². The number of aryl methyl sites for hydroxylation is 1. The number of anilines is 1. The van der Waals surface area contributed by atoms with E-state index in [-0.39, 0.29) is 30.7 Å². The summed E-state index contributed by atoms with van der Waals surface area (Å²) in [5.41, 5.74) is 10.2. The number of para-hydroxylation sites is 1. The van der Waals surface area contributed by atoms with Crippen molar-refractivity contribution in [1.82, 2.24) is 10.2 Å². The molecule has 1 aliphatic rings. The second-order valence-electron chi connectivity index (χ2n) is 7.75. The Morgan fingerprint density at radius 3 is 2.48 bits per heavy atom. The molecule has 0 radical (unpaired) electrons. The quantitative estimate of drug-likeness (QED) is 0.622. The van der Waals surface area contributed by atoms with E-state index < -0.39 is 0 Å². The van der Waals surface area contributed by atoms with Crippen LogP contribution in [0.3, 0.4) is 0 Å². The minimum absolute atomic E-state index is 0. The third-order valence-corrected chi connectivity index (χ3v) is 5.44. The van der Waals surface area contributed by atoms with Gasteiger partial charge in [-0.25, -0.2) is 0 Å². The number of piperidine rings is 1. The third kappa shape index (κ3) is 8.25. The molecule has 160 valence electrons. The van der Waals surface area contributed by atoms with Crippen molar-refractivity contribution in [3.8, 4) is 0 Å². The molecule has 29 heavy (non-hydrogen) atoms. The molecule has 1 aliphatic heterocycles. The number of hydrogen-bond donors (Lipinski definition) is 2. The highest BCUT2D eigenvalue weighted by Gasteiger charge is 2.15. The Hall–Kier alpha value is -1.75. The van der Waals surface area contributed by atoms with Gasteiger partial charge in [0.2, 0.25) is 5.91 Å². The highest BCUT2D eigenvalue weighted by Crippen LogP contribution is 2.18. The van der Waals surface area contributed by atoms with Crippen molar-refractivity contribution >= 4 is 36.4 Å². The molecule has 4 nitrogen and oxygen atoms in total. The van der Waals surface area contributed by atoms with Gasteiger partial charge >= 0.3 is 0 Å². The normalized spacial score (nSPS) is 14.5. The van der Waals surface area contributed by atoms with Gasteiger partial charge in [0, 0.05) is 25.2 Å². The van der Waals surface area contributed by atoms with Gasteiger partial charge in [-0.15, -0.1) is 24.8 Å². The smallest absolute Gasteiger partial charge is 0.220 e. The van der Waals surface area contributed by atoms with Crippen LogP contribution in [0.1, 0.15) is 42.9 Å². The fourth-order valence-corrected chi connectivity index (χ4v) is 3.62. The van der Waals surface area contributed by atoms with Crippen LogP contribution in [0.2, 0.25) is 0 Å². The number of nitrogen functional groups attached to an aromatic ring is 1. The number of rotatable bonds is 7. The lowest BCUT2D eigenvalue weighted by Crippen LogP contribution is -2.32. The maximum Gasteiger partial charge on any atom is 0.220 e. The van der Waals surface area contributed by atoms with E-state index in [9.17, 15) is 4.79 Å². The number of nitrogens with zero attached hydrogens (tertiary/aromatic N) is 1. The zero-order valence-corrected chi connectivity index (χ0v) is 18.7. The first-order valence-electron chi connectivity index (χ1n) is 10.0. The Kier molecular flexibility index (Phi) is 11.1. The molecule has 0 saturated carbocycles. The van der Waals surface area contributed by atoms with Gasteiger partial charge in [-0.2, -0.15) is 0 Å². The minimum atomic E-state index is 0. The molecule has 0 spiro atoms. The standard InChI is InChI=1S/C23H31N3O.2ClH/c1-18-11-13-26(14-12-18)17-20-6-4-5-19(15-20)16-25-23(27)10-9-21-7-2-3-8-22(21)24;;/h2-8,15,18H,9-14,16-17,24H2,1H3,(H,25,27);2*1H. The first-order chi connectivity index (χ1) is 13.1. The Balaban J connectivity index is 0.00000210. The largest absolute Gasteiger partial charge is 0.399 e. The summed E-state index contributed by atoms with van der Waals surface area (Å²) in [6.45, 7) is 6.29. The van der Waals surface area contributed by atoms with Crippen LogP contribution in [-0.4, -0.2) is 23.9 Å². The molecule has 1 saturated heterocycles. The Morgan fingerprint density at radius 1 is 1.07 bits per heavy atom. The van der Waals surface area contributed by atoms with Crippen molar-refractivity contribution in [3.63, 3.8) is 0 Å². The molecule has 1 fully saturated rings. The highest BCUT2D eigenvalue weighted by molar-refractivity contribution is 5.85. The number of carbonyl (C=O) groups excluding carboxylic acids is 1. The van der Waals surface area contributed by atoms with Gasteiger partial charge < -0.3 is 11.1 Å². The van der Waals surface area contributed by atoms with Crippen LogP contribution in [0.25, 0.3) is 0 Å². The summed E-state index contributed by atoms with van der Waals surface area (Å²) >= 11 is 0. The third-order valence-electron chi connectivity index (χ3n) is 5.44. The van der Waals surface area contributed by atoms with E-state index in [1.807, 2.05) is 24.3 Å². The fraction of sp³-hybridized carbons (Fsp3) is 0.435. The molecule has 2 aromatic carbocycles. The topological polar surface area (TPSA) is 58.4 Å². The van der Waals surface area contributed by atoms with Crippen molar-refractivity contribution in [2.24, 2.45) is 5.92 Å². The van der Waals surface area contributed by atoms with Crippen molar-refractivity contribution < 1.29 is 4.79 Å². The molecule has 2 aromatic rings. The second-order valence-corrected chi connectivity index (χ2v) is 7.75. The minimum Gasteiger partial charge on any atom is -0.399 e. The van der Waals surface area contributed by atoms with Crippen molar-refractivity contribution in [2.45, 2.75) is 45.7 Å². The van der Waals surface area contributed by atoms with Gasteiger partial charge in [-0.05, 0) is 61.0 Å². The molecule has 1 amide bonds. The number of hydrogen-bond acceptors (Lipinski definition) is 3. The molecule has 1 heterocycles. The summed E-state index contributed by atoms with van der Waals surface area (Å²) < 4.78 is 0. The van der Waals surface area contributed by atoms with Crippen molar-refractivity contribution in [1.29, 1.82) is 0 Å². The van der Waals surface area contributed by atoms with Crippen molar-refractivity contribution in [3.05, 3.63) is 65.2 Å². The molecule has 3 N–H and O–H groups in total. The molecule has 0 atom stereocenters. The fourth-order valence-electron chi connectivity index (χ4n) is 3.62. The van der Waals surface area contributed by atoms with Crippen LogP contribution in [0.15, 0.2) is 48.5 Å². The van der Waals surface area contributed by atoms with Gasteiger partial charge in [0.15, 0.2) is 0 Å². The Morgan fingerprint density at radius 2 is 1.76 bits per heavy atom. The molecule has 0 bridgehead atoms. The molecule has 3 rings (SSSR count). The zero-order valence-electron chi connectivity index (χ0n) is 17.1. The molecule has 0 aromatic heterocycles. The zero-order chi connectivity index (χ0) is 19.1. The first kappa shape index (κ1) is 25.3. The molecule has 6 heteroatoms. The summed E-state index contributed by atoms with van der Waals surface area (Å²) in [4.78, 5) is 14.7. The van der Waals surface area contributed by atoms with E-state index in [4.69, 9.17) is 5.73 Å². The maximum absolute atomic E-state index is 12.2. The molecule has 0 unspecified atom stereocenters. The van der Waals surface area contributed by atoms with Gasteiger partial charge in [0.05, 0.1) is 0 Å². The Bertz CT molecular complexity index is 761. The Labute approximate surface area is 187 Å². The lowest BCUT2D eigenvalue weighted by molar-refractivity contribution is -0.121. The summed E-state index contributed by atoms with van der Waals surface area (Å²) in [6, 6.07) is 16.3. The SMILES string of the molecule is CC1CCN(Cc2cccc(CNC(=O)CCc3ccccc3N)c2)CC1.Cl.Cl. The van der Waals surface area contributed by atoms with E-state index in [1.54, 1.807) is 0 Å². The van der Waals surface area contributed by atoms with Crippen molar-refractivity contribution in [2.75, 3.05) is 18.8 Å². The average Bonchev–Trinajstić information content (AvgIpc) is 2.68. The van der Waals surface area contributed by atoms with E-state index in [1.165, 1.54) is 31.5 Å². The number of nitrogens with two attached hydrogens (primary N) is 1. The van der Waals surface area contributed by atoms with E-state index in [2.05, 4.69) is 41.4 Å². The predicted octanol–water partition coefficient (Wildman–Crippen LogP) is 4.59. The monoisotopic (exact) mass is 437 g/mol. The van der Waals surface area contributed by atoms with Crippen LogP contribution >= 0.6 is 24.8 Å². The summed E-state index contributed by atoms with van der Waals surface area (Å²) in [7, 11) is 0.